The number of halogens is 1. The predicted octanol–water partition coefficient (Wildman–Crippen LogP) is 1.91. The molecule has 1 fully saturated rings. The highest BCUT2D eigenvalue weighted by Gasteiger charge is 2.27. The smallest absolute Gasteiger partial charge is 0.250 e. The molecule has 0 radical (unpaired) electrons. The van der Waals surface area contributed by atoms with Crippen LogP contribution in [0.25, 0.3) is 0 Å². The molecule has 166 valence electrons. The van der Waals surface area contributed by atoms with E-state index in [1.54, 1.807) is 0 Å². The Bertz CT molecular complexity index is 926. The number of fused-ring (bicyclic) bond motifs is 1. The lowest BCUT2D eigenvalue weighted by atomic mass is 10.1. The number of hydrogen-bond donors (Lipinski definition) is 1. The Hall–Kier alpha value is -2.91. The van der Waals surface area contributed by atoms with Crippen LogP contribution in [-0.4, -0.2) is 61.9 Å². The van der Waals surface area contributed by atoms with Gasteiger partial charge in [-0.1, -0.05) is 6.07 Å². The second kappa shape index (κ2) is 9.93. The molecule has 1 aromatic carbocycles. The Morgan fingerprint density at radius 1 is 1.26 bits per heavy atom. The van der Waals surface area contributed by atoms with Gasteiger partial charge in [-0.25, -0.2) is 9.37 Å². The van der Waals surface area contributed by atoms with Crippen molar-refractivity contribution in [2.45, 2.75) is 25.6 Å². The lowest BCUT2D eigenvalue weighted by Crippen LogP contribution is -2.49. The van der Waals surface area contributed by atoms with Crippen LogP contribution in [0.2, 0.25) is 0 Å². The normalized spacial score (nSPS) is 18.8. The van der Waals surface area contributed by atoms with Gasteiger partial charge in [0.1, 0.15) is 11.9 Å². The van der Waals surface area contributed by atoms with E-state index in [0.29, 0.717) is 63.2 Å². The molecule has 2 aromatic rings. The summed E-state index contributed by atoms with van der Waals surface area (Å²) in [6.45, 7) is 3.46. The molecule has 0 aliphatic carbocycles. The van der Waals surface area contributed by atoms with Gasteiger partial charge in [-0.2, -0.15) is 0 Å². The van der Waals surface area contributed by atoms with Crippen molar-refractivity contribution >= 4 is 5.91 Å². The summed E-state index contributed by atoms with van der Waals surface area (Å²) in [5.41, 5.74) is 1.55. The van der Waals surface area contributed by atoms with E-state index < -0.39 is 11.9 Å². The van der Waals surface area contributed by atoms with Gasteiger partial charge in [0.2, 0.25) is 5.88 Å². The van der Waals surface area contributed by atoms with E-state index in [4.69, 9.17) is 18.9 Å². The highest BCUT2D eigenvalue weighted by molar-refractivity contribution is 5.81. The Kier molecular flexibility index (Phi) is 6.83. The van der Waals surface area contributed by atoms with Crippen LogP contribution in [0.15, 0.2) is 30.5 Å². The fourth-order valence-corrected chi connectivity index (χ4v) is 3.63. The number of aromatic nitrogens is 1. The first-order valence-electron chi connectivity index (χ1n) is 10.3. The number of methoxy groups -OCH3 is 1. The molecule has 1 aromatic heterocycles. The monoisotopic (exact) mass is 431 g/mol. The molecule has 8 nitrogen and oxygen atoms in total. The van der Waals surface area contributed by atoms with Gasteiger partial charge in [-0.15, -0.1) is 0 Å². The van der Waals surface area contributed by atoms with E-state index in [2.05, 4.69) is 10.3 Å². The highest BCUT2D eigenvalue weighted by atomic mass is 19.1. The summed E-state index contributed by atoms with van der Waals surface area (Å²) in [6.07, 6.45) is 1.35. The Morgan fingerprint density at radius 2 is 2.10 bits per heavy atom. The second-order valence-corrected chi connectivity index (χ2v) is 7.47. The summed E-state index contributed by atoms with van der Waals surface area (Å²) in [5, 5.41) is 2.92. The van der Waals surface area contributed by atoms with E-state index in [1.807, 2.05) is 23.1 Å². The molecule has 1 atom stereocenters. The van der Waals surface area contributed by atoms with Crippen molar-refractivity contribution in [1.82, 2.24) is 15.2 Å². The molecule has 1 amide bonds. The molecule has 1 saturated heterocycles. The molecule has 31 heavy (non-hydrogen) atoms. The SMILES string of the molecule is COc1ncc(F)cc1CN1CCOC(C(=O)NCc2ccc3c(c2)OCCCO3)C1. The number of carbonyl (C=O) groups excluding carboxylic acids is 1. The van der Waals surface area contributed by atoms with Crippen LogP contribution in [0.1, 0.15) is 17.5 Å². The first kappa shape index (κ1) is 21.3. The lowest BCUT2D eigenvalue weighted by molar-refractivity contribution is -0.139. The lowest BCUT2D eigenvalue weighted by Gasteiger charge is -2.32. The number of ether oxygens (including phenoxy) is 4. The molecular formula is C22H26FN3O5. The van der Waals surface area contributed by atoms with Crippen LogP contribution < -0.4 is 19.5 Å². The minimum Gasteiger partial charge on any atom is -0.490 e. The number of pyridine rings is 1. The zero-order valence-corrected chi connectivity index (χ0v) is 17.4. The van der Waals surface area contributed by atoms with Gasteiger partial charge >= 0.3 is 0 Å². The first-order valence-corrected chi connectivity index (χ1v) is 10.3. The third-order valence-electron chi connectivity index (χ3n) is 5.20. The van der Waals surface area contributed by atoms with Crippen molar-refractivity contribution in [2.75, 3.05) is 40.0 Å². The summed E-state index contributed by atoms with van der Waals surface area (Å²) in [4.78, 5) is 18.7. The highest BCUT2D eigenvalue weighted by Crippen LogP contribution is 2.30. The van der Waals surface area contributed by atoms with Crippen molar-refractivity contribution in [1.29, 1.82) is 0 Å². The fourth-order valence-electron chi connectivity index (χ4n) is 3.63. The van der Waals surface area contributed by atoms with Crippen molar-refractivity contribution in [3.05, 3.63) is 47.4 Å². The summed E-state index contributed by atoms with van der Waals surface area (Å²) >= 11 is 0. The van der Waals surface area contributed by atoms with Crippen LogP contribution >= 0.6 is 0 Å². The average molecular weight is 431 g/mol. The van der Waals surface area contributed by atoms with Crippen molar-refractivity contribution in [3.63, 3.8) is 0 Å². The number of morpholine rings is 1. The maximum atomic E-state index is 13.6. The molecular weight excluding hydrogens is 405 g/mol. The van der Waals surface area contributed by atoms with Crippen molar-refractivity contribution in [3.8, 4) is 17.4 Å². The van der Waals surface area contributed by atoms with Crippen molar-refractivity contribution < 1.29 is 28.1 Å². The molecule has 0 spiro atoms. The number of amides is 1. The van der Waals surface area contributed by atoms with E-state index in [0.717, 1.165) is 23.9 Å². The Balaban J connectivity index is 1.33. The topological polar surface area (TPSA) is 82.2 Å². The molecule has 1 N–H and O–H groups in total. The zero-order chi connectivity index (χ0) is 21.6. The first-order chi connectivity index (χ1) is 15.1. The van der Waals surface area contributed by atoms with Crippen LogP contribution in [0.3, 0.4) is 0 Å². The molecule has 2 aliphatic heterocycles. The number of benzene rings is 1. The molecule has 9 heteroatoms. The molecule has 1 unspecified atom stereocenters. The second-order valence-electron chi connectivity index (χ2n) is 7.47. The summed E-state index contributed by atoms with van der Waals surface area (Å²) in [5.74, 6) is 1.18. The number of nitrogens with one attached hydrogen (secondary N) is 1. The molecule has 2 aliphatic rings. The van der Waals surface area contributed by atoms with Gasteiger partial charge < -0.3 is 24.3 Å². The van der Waals surface area contributed by atoms with E-state index >= 15 is 0 Å². The van der Waals surface area contributed by atoms with E-state index in [1.165, 1.54) is 13.2 Å². The largest absolute Gasteiger partial charge is 0.490 e. The van der Waals surface area contributed by atoms with Gasteiger partial charge in [0.15, 0.2) is 11.5 Å². The Labute approximate surface area is 180 Å². The van der Waals surface area contributed by atoms with E-state index in [-0.39, 0.29) is 5.91 Å². The van der Waals surface area contributed by atoms with Crippen LogP contribution in [-0.2, 0) is 22.6 Å². The number of hydrogen-bond acceptors (Lipinski definition) is 7. The maximum Gasteiger partial charge on any atom is 0.250 e. The van der Waals surface area contributed by atoms with Crippen molar-refractivity contribution in [2.24, 2.45) is 0 Å². The van der Waals surface area contributed by atoms with Gasteiger partial charge in [-0.3, -0.25) is 9.69 Å². The molecule has 0 bridgehead atoms. The average Bonchev–Trinajstić information content (AvgIpc) is 3.03. The third kappa shape index (κ3) is 5.42. The maximum absolute atomic E-state index is 13.6. The van der Waals surface area contributed by atoms with Gasteiger partial charge in [0, 0.05) is 38.2 Å². The minimum atomic E-state index is -0.610. The fraction of sp³-hybridized carbons (Fsp3) is 0.455. The summed E-state index contributed by atoms with van der Waals surface area (Å²) in [7, 11) is 1.50. The van der Waals surface area contributed by atoms with Crippen LogP contribution in [0, 0.1) is 5.82 Å². The number of carbonyl (C=O) groups is 1. The number of rotatable bonds is 6. The standard InChI is InChI=1S/C22H26FN3O5/c1-28-22-16(10-17(23)12-25-22)13-26-5-8-31-20(14-26)21(27)24-11-15-3-4-18-19(9-15)30-7-2-6-29-18/h3-4,9-10,12,20H,2,5-8,11,13-14H2,1H3,(H,24,27). The quantitative estimate of drug-likeness (QED) is 0.748. The zero-order valence-electron chi connectivity index (χ0n) is 17.4. The molecule has 4 rings (SSSR count). The number of nitrogens with zero attached hydrogens (tertiary/aromatic N) is 2. The molecule has 0 saturated carbocycles. The van der Waals surface area contributed by atoms with Crippen LogP contribution in [0.4, 0.5) is 4.39 Å². The van der Waals surface area contributed by atoms with Gasteiger partial charge in [0.05, 0.1) is 33.1 Å². The summed E-state index contributed by atoms with van der Waals surface area (Å²) < 4.78 is 35.8. The Morgan fingerprint density at radius 3 is 2.94 bits per heavy atom. The predicted molar refractivity (Wildman–Crippen MR) is 110 cm³/mol. The minimum absolute atomic E-state index is 0.193. The van der Waals surface area contributed by atoms with E-state index in [9.17, 15) is 9.18 Å². The molecule has 3 heterocycles. The summed E-state index contributed by atoms with van der Waals surface area (Å²) in [6, 6.07) is 7.06. The van der Waals surface area contributed by atoms with Gasteiger partial charge in [-0.05, 0) is 23.8 Å². The third-order valence-corrected chi connectivity index (χ3v) is 5.20. The van der Waals surface area contributed by atoms with Gasteiger partial charge in [0.25, 0.3) is 5.91 Å². The van der Waals surface area contributed by atoms with Crippen LogP contribution in [0.5, 0.6) is 17.4 Å².